The molecule has 0 radical (unpaired) electrons. The van der Waals surface area contributed by atoms with Gasteiger partial charge in [0.25, 0.3) is 0 Å². The summed E-state index contributed by atoms with van der Waals surface area (Å²) in [7, 11) is -3.23. The standard InChI is InChI=1S/C15H22N4O2S/c1-4-19(5-2)22(20,21)9-8-16-15-13-10-12(3)6-7-14(13)17-11-18-15/h6-7,10-11H,4-5,8-9H2,1-3H3,(H,16,17,18). The molecule has 0 saturated carbocycles. The number of benzene rings is 1. The molecule has 0 aliphatic heterocycles. The number of fused-ring (bicyclic) bond motifs is 1. The lowest BCUT2D eigenvalue weighted by molar-refractivity contribution is 0.446. The van der Waals surface area contributed by atoms with Crippen LogP contribution in [-0.4, -0.2) is 48.1 Å². The molecule has 1 aromatic heterocycles. The van der Waals surface area contributed by atoms with Crippen molar-refractivity contribution < 1.29 is 8.42 Å². The number of aromatic nitrogens is 2. The van der Waals surface area contributed by atoms with Crippen LogP contribution < -0.4 is 5.32 Å². The largest absolute Gasteiger partial charge is 0.368 e. The predicted octanol–water partition coefficient (Wildman–Crippen LogP) is 2.02. The third-order valence-corrected chi connectivity index (χ3v) is 5.57. The van der Waals surface area contributed by atoms with Crippen LogP contribution in [0.3, 0.4) is 0 Å². The fourth-order valence-corrected chi connectivity index (χ4v) is 3.76. The summed E-state index contributed by atoms with van der Waals surface area (Å²) in [5, 5.41) is 4.02. The van der Waals surface area contributed by atoms with E-state index in [4.69, 9.17) is 0 Å². The Bertz CT molecular complexity index is 742. The summed E-state index contributed by atoms with van der Waals surface area (Å²) >= 11 is 0. The molecule has 0 bridgehead atoms. The minimum atomic E-state index is -3.23. The highest BCUT2D eigenvalue weighted by molar-refractivity contribution is 7.89. The Morgan fingerprint density at radius 3 is 2.59 bits per heavy atom. The number of anilines is 1. The van der Waals surface area contributed by atoms with Crippen molar-refractivity contribution in [1.29, 1.82) is 0 Å². The number of sulfonamides is 1. The molecule has 6 nitrogen and oxygen atoms in total. The van der Waals surface area contributed by atoms with E-state index in [0.717, 1.165) is 16.5 Å². The monoisotopic (exact) mass is 322 g/mol. The molecule has 0 aliphatic carbocycles. The van der Waals surface area contributed by atoms with Crippen molar-refractivity contribution in [3.05, 3.63) is 30.1 Å². The normalized spacial score (nSPS) is 12.0. The van der Waals surface area contributed by atoms with Crippen molar-refractivity contribution in [2.45, 2.75) is 20.8 Å². The van der Waals surface area contributed by atoms with E-state index in [0.29, 0.717) is 25.5 Å². The van der Waals surface area contributed by atoms with Crippen LogP contribution >= 0.6 is 0 Å². The second kappa shape index (κ2) is 7.02. The van der Waals surface area contributed by atoms with E-state index in [1.165, 1.54) is 10.6 Å². The van der Waals surface area contributed by atoms with Gasteiger partial charge in [-0.3, -0.25) is 0 Å². The lowest BCUT2D eigenvalue weighted by atomic mass is 10.1. The van der Waals surface area contributed by atoms with Gasteiger partial charge < -0.3 is 5.32 Å². The molecule has 2 rings (SSSR count). The number of hydrogen-bond donors (Lipinski definition) is 1. The van der Waals surface area contributed by atoms with E-state index in [1.54, 1.807) is 0 Å². The highest BCUT2D eigenvalue weighted by Crippen LogP contribution is 2.20. The Labute approximate surface area is 131 Å². The lowest BCUT2D eigenvalue weighted by Crippen LogP contribution is -2.34. The molecule has 0 saturated heterocycles. The van der Waals surface area contributed by atoms with Crippen LogP contribution in [-0.2, 0) is 10.0 Å². The van der Waals surface area contributed by atoms with Crippen LogP contribution in [0.15, 0.2) is 24.5 Å². The first-order chi connectivity index (χ1) is 10.5. The summed E-state index contributed by atoms with van der Waals surface area (Å²) in [4.78, 5) is 8.44. The minimum Gasteiger partial charge on any atom is -0.368 e. The highest BCUT2D eigenvalue weighted by atomic mass is 32.2. The minimum absolute atomic E-state index is 0.0476. The van der Waals surface area contributed by atoms with Gasteiger partial charge >= 0.3 is 0 Å². The smallest absolute Gasteiger partial charge is 0.215 e. The Hall–Kier alpha value is -1.73. The Morgan fingerprint density at radius 1 is 1.18 bits per heavy atom. The van der Waals surface area contributed by atoms with Gasteiger partial charge in [-0.1, -0.05) is 25.5 Å². The zero-order chi connectivity index (χ0) is 16.2. The van der Waals surface area contributed by atoms with Crippen molar-refractivity contribution in [3.8, 4) is 0 Å². The quantitative estimate of drug-likeness (QED) is 0.844. The summed E-state index contributed by atoms with van der Waals surface area (Å²) in [5.41, 5.74) is 1.95. The second-order valence-electron chi connectivity index (χ2n) is 5.07. The zero-order valence-electron chi connectivity index (χ0n) is 13.2. The summed E-state index contributed by atoms with van der Waals surface area (Å²) in [6.07, 6.45) is 1.49. The molecule has 22 heavy (non-hydrogen) atoms. The average molecular weight is 322 g/mol. The van der Waals surface area contributed by atoms with Crippen molar-refractivity contribution in [2.24, 2.45) is 0 Å². The fraction of sp³-hybridized carbons (Fsp3) is 0.467. The molecule has 0 amide bonds. The molecule has 120 valence electrons. The Balaban J connectivity index is 2.11. The average Bonchev–Trinajstić information content (AvgIpc) is 2.48. The number of rotatable bonds is 7. The van der Waals surface area contributed by atoms with Crippen LogP contribution in [0.5, 0.6) is 0 Å². The van der Waals surface area contributed by atoms with Gasteiger partial charge in [0, 0.05) is 25.0 Å². The van der Waals surface area contributed by atoms with Gasteiger partial charge in [0.1, 0.15) is 12.1 Å². The van der Waals surface area contributed by atoms with Gasteiger partial charge in [0.05, 0.1) is 11.3 Å². The van der Waals surface area contributed by atoms with Crippen molar-refractivity contribution >= 4 is 26.7 Å². The van der Waals surface area contributed by atoms with Crippen LogP contribution in [0.4, 0.5) is 5.82 Å². The second-order valence-corrected chi connectivity index (χ2v) is 7.16. The SMILES string of the molecule is CCN(CC)S(=O)(=O)CCNc1ncnc2ccc(C)cc12. The van der Waals surface area contributed by atoms with Crippen molar-refractivity contribution in [2.75, 3.05) is 30.7 Å². The van der Waals surface area contributed by atoms with E-state index in [-0.39, 0.29) is 5.75 Å². The molecule has 1 N–H and O–H groups in total. The van der Waals surface area contributed by atoms with Crippen LogP contribution in [0, 0.1) is 6.92 Å². The van der Waals surface area contributed by atoms with E-state index in [1.807, 2.05) is 39.0 Å². The van der Waals surface area contributed by atoms with E-state index >= 15 is 0 Å². The number of aryl methyl sites for hydroxylation is 1. The number of nitrogens with zero attached hydrogens (tertiary/aromatic N) is 3. The maximum atomic E-state index is 12.2. The molecule has 1 heterocycles. The summed E-state index contributed by atoms with van der Waals surface area (Å²) in [6, 6.07) is 5.92. The maximum absolute atomic E-state index is 12.2. The highest BCUT2D eigenvalue weighted by Gasteiger charge is 2.18. The Morgan fingerprint density at radius 2 is 1.91 bits per heavy atom. The van der Waals surface area contributed by atoms with Gasteiger partial charge in [0.15, 0.2) is 0 Å². The first kappa shape index (κ1) is 16.6. The first-order valence-corrected chi connectivity index (χ1v) is 9.02. The molecule has 0 spiro atoms. The molecule has 0 atom stereocenters. The van der Waals surface area contributed by atoms with Crippen LogP contribution in [0.1, 0.15) is 19.4 Å². The zero-order valence-corrected chi connectivity index (χ0v) is 14.0. The third kappa shape index (κ3) is 3.72. The molecule has 7 heteroatoms. The van der Waals surface area contributed by atoms with Crippen molar-refractivity contribution in [1.82, 2.24) is 14.3 Å². The summed E-state index contributed by atoms with van der Waals surface area (Å²) in [6.45, 7) is 6.99. The third-order valence-electron chi connectivity index (χ3n) is 3.54. The molecule has 2 aromatic rings. The van der Waals surface area contributed by atoms with Crippen LogP contribution in [0.25, 0.3) is 10.9 Å². The van der Waals surface area contributed by atoms with Gasteiger partial charge in [-0.15, -0.1) is 0 Å². The lowest BCUT2D eigenvalue weighted by Gasteiger charge is -2.18. The molecular formula is C15H22N4O2S. The van der Waals surface area contributed by atoms with E-state index in [2.05, 4.69) is 15.3 Å². The maximum Gasteiger partial charge on any atom is 0.215 e. The van der Waals surface area contributed by atoms with Gasteiger partial charge in [-0.2, -0.15) is 0 Å². The van der Waals surface area contributed by atoms with Gasteiger partial charge in [-0.25, -0.2) is 22.7 Å². The molecule has 1 aromatic carbocycles. The molecule has 0 aliphatic rings. The predicted molar refractivity (Wildman–Crippen MR) is 89.5 cm³/mol. The van der Waals surface area contributed by atoms with Crippen molar-refractivity contribution in [3.63, 3.8) is 0 Å². The Kier molecular flexibility index (Phi) is 5.31. The summed E-state index contributed by atoms with van der Waals surface area (Å²) in [5.74, 6) is 0.717. The fourth-order valence-electron chi connectivity index (χ4n) is 2.36. The van der Waals surface area contributed by atoms with E-state index < -0.39 is 10.0 Å². The van der Waals surface area contributed by atoms with Crippen LogP contribution in [0.2, 0.25) is 0 Å². The topological polar surface area (TPSA) is 75.2 Å². The van der Waals surface area contributed by atoms with Gasteiger partial charge in [-0.05, 0) is 19.1 Å². The van der Waals surface area contributed by atoms with Gasteiger partial charge in [0.2, 0.25) is 10.0 Å². The molecule has 0 fully saturated rings. The first-order valence-electron chi connectivity index (χ1n) is 7.41. The van der Waals surface area contributed by atoms with E-state index in [9.17, 15) is 8.42 Å². The molecular weight excluding hydrogens is 300 g/mol. The molecule has 0 unspecified atom stereocenters. The number of hydrogen-bond acceptors (Lipinski definition) is 5. The number of nitrogens with one attached hydrogen (secondary N) is 1. The summed E-state index contributed by atoms with van der Waals surface area (Å²) < 4.78 is 25.8.